The van der Waals surface area contributed by atoms with Gasteiger partial charge in [0.25, 0.3) is 11.8 Å². The number of pyridine rings is 1. The standard InChI is InChI=1S/C24H22ClN3O3S/c1-14-5-12-19(26-13-14)28-22(29)20-17(25)10-11-18(21(20)23(28)30)27-32(31)16-8-6-15(7-9-16)24(2,3)4/h5-13,27H,1-4H3. The van der Waals surface area contributed by atoms with Crippen molar-refractivity contribution in [1.29, 1.82) is 0 Å². The minimum atomic E-state index is -1.64. The molecule has 6 nitrogen and oxygen atoms in total. The lowest BCUT2D eigenvalue weighted by Gasteiger charge is -2.19. The highest BCUT2D eigenvalue weighted by Crippen LogP contribution is 2.37. The molecule has 3 aromatic rings. The minimum Gasteiger partial charge on any atom is -0.300 e. The molecule has 2 heterocycles. The second kappa shape index (κ2) is 8.15. The lowest BCUT2D eigenvalue weighted by molar-refractivity contribution is 0.0925. The predicted octanol–water partition coefficient (Wildman–Crippen LogP) is 5.28. The Morgan fingerprint density at radius 3 is 2.19 bits per heavy atom. The first-order chi connectivity index (χ1) is 15.1. The van der Waals surface area contributed by atoms with Crippen LogP contribution in [0, 0.1) is 6.92 Å². The molecule has 164 valence electrons. The fourth-order valence-electron chi connectivity index (χ4n) is 3.45. The molecule has 1 unspecified atom stereocenters. The molecule has 0 saturated heterocycles. The van der Waals surface area contributed by atoms with E-state index in [-0.39, 0.29) is 33.1 Å². The molecule has 1 aliphatic heterocycles. The van der Waals surface area contributed by atoms with Crippen molar-refractivity contribution in [2.75, 3.05) is 9.62 Å². The van der Waals surface area contributed by atoms with Gasteiger partial charge in [0.05, 0.1) is 26.7 Å². The molecule has 0 spiro atoms. The van der Waals surface area contributed by atoms with Crippen molar-refractivity contribution in [2.45, 2.75) is 38.0 Å². The SMILES string of the molecule is Cc1ccc(N2C(=O)c3c(Cl)ccc(NS(=O)c4ccc(C(C)(C)C)cc4)c3C2=O)nc1. The Hall–Kier alpha value is -3.03. The first-order valence-electron chi connectivity index (χ1n) is 10.0. The number of nitrogens with one attached hydrogen (secondary N) is 1. The van der Waals surface area contributed by atoms with Gasteiger partial charge < -0.3 is 4.72 Å². The number of rotatable bonds is 4. The molecule has 1 atom stereocenters. The summed E-state index contributed by atoms with van der Waals surface area (Å²) in [5, 5.41) is 0.152. The average molecular weight is 468 g/mol. The Bertz CT molecular complexity index is 1250. The first-order valence-corrected chi connectivity index (χ1v) is 11.5. The number of carbonyl (C=O) groups excluding carboxylic acids is 2. The number of carbonyl (C=O) groups is 2. The van der Waals surface area contributed by atoms with Crippen molar-refractivity contribution >= 4 is 45.9 Å². The number of imide groups is 1. The summed E-state index contributed by atoms with van der Waals surface area (Å²) >= 11 is 6.27. The van der Waals surface area contributed by atoms with Gasteiger partial charge in [-0.3, -0.25) is 9.59 Å². The molecule has 8 heteroatoms. The van der Waals surface area contributed by atoms with E-state index in [4.69, 9.17) is 11.6 Å². The van der Waals surface area contributed by atoms with Gasteiger partial charge in [-0.15, -0.1) is 0 Å². The van der Waals surface area contributed by atoms with Crippen LogP contribution in [0.2, 0.25) is 5.02 Å². The van der Waals surface area contributed by atoms with Crippen LogP contribution in [0.15, 0.2) is 59.6 Å². The third-order valence-corrected chi connectivity index (χ3v) is 6.67. The number of nitrogens with zero attached hydrogens (tertiary/aromatic N) is 2. The van der Waals surface area contributed by atoms with E-state index in [1.165, 1.54) is 6.07 Å². The zero-order valence-electron chi connectivity index (χ0n) is 18.1. The molecule has 1 aliphatic rings. The van der Waals surface area contributed by atoms with Crippen molar-refractivity contribution in [1.82, 2.24) is 4.98 Å². The molecule has 4 rings (SSSR count). The zero-order chi connectivity index (χ0) is 23.2. The van der Waals surface area contributed by atoms with E-state index in [9.17, 15) is 13.8 Å². The summed E-state index contributed by atoms with van der Waals surface area (Å²) in [4.78, 5) is 32.0. The molecule has 0 aliphatic carbocycles. The lowest BCUT2D eigenvalue weighted by atomic mass is 9.87. The van der Waals surface area contributed by atoms with Gasteiger partial charge >= 0.3 is 0 Å². The summed E-state index contributed by atoms with van der Waals surface area (Å²) in [7, 11) is -1.64. The summed E-state index contributed by atoms with van der Waals surface area (Å²) < 4.78 is 15.9. The molecule has 0 saturated carbocycles. The van der Waals surface area contributed by atoms with Crippen LogP contribution >= 0.6 is 11.6 Å². The van der Waals surface area contributed by atoms with Crippen LogP contribution in [0.4, 0.5) is 11.5 Å². The molecule has 0 bridgehead atoms. The number of halogens is 1. The van der Waals surface area contributed by atoms with Crippen molar-refractivity contribution in [3.63, 3.8) is 0 Å². The monoisotopic (exact) mass is 467 g/mol. The van der Waals surface area contributed by atoms with Gasteiger partial charge in [-0.1, -0.05) is 50.6 Å². The largest absolute Gasteiger partial charge is 0.300 e. The summed E-state index contributed by atoms with van der Waals surface area (Å²) in [5.41, 5.74) is 2.43. The van der Waals surface area contributed by atoms with Crippen LogP contribution in [0.25, 0.3) is 0 Å². The Morgan fingerprint density at radius 1 is 0.938 bits per heavy atom. The Kier molecular flexibility index (Phi) is 5.65. The quantitative estimate of drug-likeness (QED) is 0.529. The molecule has 32 heavy (non-hydrogen) atoms. The van der Waals surface area contributed by atoms with Gasteiger partial charge in [-0.2, -0.15) is 0 Å². The van der Waals surface area contributed by atoms with Gasteiger partial charge in [-0.25, -0.2) is 14.1 Å². The van der Waals surface area contributed by atoms with Crippen molar-refractivity contribution in [2.24, 2.45) is 0 Å². The van der Waals surface area contributed by atoms with E-state index in [1.54, 1.807) is 36.5 Å². The van der Waals surface area contributed by atoms with Crippen LogP contribution in [0.1, 0.15) is 52.6 Å². The third-order valence-electron chi connectivity index (χ3n) is 5.25. The number of fused-ring (bicyclic) bond motifs is 1. The molecule has 0 fully saturated rings. The number of aryl methyl sites for hydroxylation is 1. The number of hydrogen-bond acceptors (Lipinski definition) is 4. The summed E-state index contributed by atoms with van der Waals surface area (Å²) in [6.45, 7) is 8.17. The molecule has 2 aromatic carbocycles. The van der Waals surface area contributed by atoms with Crippen LogP contribution in [-0.4, -0.2) is 21.0 Å². The van der Waals surface area contributed by atoms with E-state index in [2.05, 4.69) is 30.5 Å². The van der Waals surface area contributed by atoms with E-state index in [1.807, 2.05) is 19.1 Å². The topological polar surface area (TPSA) is 79.4 Å². The number of anilines is 2. The molecular weight excluding hydrogens is 446 g/mol. The normalized spacial score (nSPS) is 14.5. The number of amides is 2. The highest BCUT2D eigenvalue weighted by atomic mass is 35.5. The van der Waals surface area contributed by atoms with E-state index in [0.717, 1.165) is 16.0 Å². The van der Waals surface area contributed by atoms with Crippen LogP contribution in [0.3, 0.4) is 0 Å². The van der Waals surface area contributed by atoms with Gasteiger partial charge in [0.2, 0.25) is 0 Å². The highest BCUT2D eigenvalue weighted by Gasteiger charge is 2.41. The lowest BCUT2D eigenvalue weighted by Crippen LogP contribution is -2.30. The fourth-order valence-corrected chi connectivity index (χ4v) is 4.56. The smallest absolute Gasteiger partial charge is 0.269 e. The molecule has 0 radical (unpaired) electrons. The Morgan fingerprint density at radius 2 is 1.59 bits per heavy atom. The summed E-state index contributed by atoms with van der Waals surface area (Å²) in [5.74, 6) is -0.913. The van der Waals surface area contributed by atoms with Crippen LogP contribution < -0.4 is 9.62 Å². The van der Waals surface area contributed by atoms with Gasteiger partial charge in [0, 0.05) is 6.20 Å². The van der Waals surface area contributed by atoms with E-state index in [0.29, 0.717) is 4.90 Å². The number of hydrogen-bond donors (Lipinski definition) is 1. The van der Waals surface area contributed by atoms with Crippen molar-refractivity contribution in [3.05, 3.63) is 82.0 Å². The van der Waals surface area contributed by atoms with Crippen LogP contribution in [-0.2, 0) is 16.4 Å². The minimum absolute atomic E-state index is 0.0231. The number of aromatic nitrogens is 1. The third kappa shape index (κ3) is 3.94. The second-order valence-electron chi connectivity index (χ2n) is 8.63. The van der Waals surface area contributed by atoms with Crippen molar-refractivity contribution < 1.29 is 13.8 Å². The molecular formula is C24H22ClN3O3S. The van der Waals surface area contributed by atoms with Gasteiger partial charge in [-0.05, 0) is 53.8 Å². The number of benzene rings is 2. The summed E-state index contributed by atoms with van der Waals surface area (Å²) in [6, 6.07) is 13.9. The molecule has 2 amide bonds. The van der Waals surface area contributed by atoms with Gasteiger partial charge in [0.1, 0.15) is 16.8 Å². The first kappa shape index (κ1) is 22.2. The van der Waals surface area contributed by atoms with E-state index >= 15 is 0 Å². The maximum atomic E-state index is 13.2. The fraction of sp³-hybridized carbons (Fsp3) is 0.208. The Balaban J connectivity index is 1.67. The zero-order valence-corrected chi connectivity index (χ0v) is 19.7. The van der Waals surface area contributed by atoms with Crippen LogP contribution in [0.5, 0.6) is 0 Å². The maximum absolute atomic E-state index is 13.2. The highest BCUT2D eigenvalue weighted by molar-refractivity contribution is 7.86. The Labute approximate surface area is 194 Å². The maximum Gasteiger partial charge on any atom is 0.269 e. The molecule has 1 aromatic heterocycles. The summed E-state index contributed by atoms with van der Waals surface area (Å²) in [6.07, 6.45) is 1.58. The van der Waals surface area contributed by atoms with Crippen molar-refractivity contribution in [3.8, 4) is 0 Å². The second-order valence-corrected chi connectivity index (χ2v) is 10.2. The van der Waals surface area contributed by atoms with E-state index < -0.39 is 22.8 Å². The molecule has 1 N–H and O–H groups in total. The predicted molar refractivity (Wildman–Crippen MR) is 127 cm³/mol. The average Bonchev–Trinajstić information content (AvgIpc) is 3.01. The van der Waals surface area contributed by atoms with Gasteiger partial charge in [0.15, 0.2) is 0 Å².